The Bertz CT molecular complexity index is 930. The highest BCUT2D eigenvalue weighted by Gasteiger charge is 2.36. The van der Waals surface area contributed by atoms with Crippen LogP contribution in [0.15, 0.2) is 54.1 Å². The van der Waals surface area contributed by atoms with E-state index in [4.69, 9.17) is 9.47 Å². The van der Waals surface area contributed by atoms with Gasteiger partial charge in [0, 0.05) is 0 Å². The molecular weight excluding hydrogens is 360 g/mol. The minimum absolute atomic E-state index is 0.0407. The van der Waals surface area contributed by atoms with Gasteiger partial charge < -0.3 is 9.47 Å². The number of methoxy groups -OCH3 is 1. The maximum Gasteiger partial charge on any atom is 0.335 e. The first kappa shape index (κ1) is 19.2. The number of carbonyl (C=O) groups is 3. The molecule has 3 rings (SSSR count). The summed E-state index contributed by atoms with van der Waals surface area (Å²) in [5.74, 6) is -0.153. The van der Waals surface area contributed by atoms with E-state index in [2.05, 4.69) is 5.32 Å². The van der Waals surface area contributed by atoms with Crippen molar-refractivity contribution in [2.75, 3.05) is 12.0 Å². The molecule has 0 saturated carbocycles. The number of carbonyl (C=O) groups excluding carboxylic acids is 3. The van der Waals surface area contributed by atoms with E-state index in [0.717, 1.165) is 4.90 Å². The van der Waals surface area contributed by atoms with E-state index in [9.17, 15) is 14.4 Å². The molecule has 2 aromatic rings. The molecule has 0 radical (unpaired) electrons. The van der Waals surface area contributed by atoms with Gasteiger partial charge in [-0.25, -0.2) is 9.69 Å². The normalized spacial score (nSPS) is 15.8. The summed E-state index contributed by atoms with van der Waals surface area (Å²) in [4.78, 5) is 38.2. The lowest BCUT2D eigenvalue weighted by Crippen LogP contribution is -2.54. The Kier molecular flexibility index (Phi) is 5.44. The third-order valence-electron chi connectivity index (χ3n) is 4.00. The van der Waals surface area contributed by atoms with Crippen LogP contribution in [0.5, 0.6) is 11.5 Å². The lowest BCUT2D eigenvalue weighted by Gasteiger charge is -2.26. The molecule has 1 aliphatic heterocycles. The van der Waals surface area contributed by atoms with Gasteiger partial charge in [-0.2, -0.15) is 0 Å². The van der Waals surface area contributed by atoms with Crippen molar-refractivity contribution in [3.05, 3.63) is 59.7 Å². The average molecular weight is 380 g/mol. The lowest BCUT2D eigenvalue weighted by atomic mass is 10.1. The molecule has 7 nitrogen and oxygen atoms in total. The molecule has 4 amide bonds. The van der Waals surface area contributed by atoms with Crippen molar-refractivity contribution in [1.29, 1.82) is 0 Å². The minimum atomic E-state index is -0.794. The Morgan fingerprint density at radius 3 is 2.11 bits per heavy atom. The quantitative estimate of drug-likeness (QED) is 0.636. The summed E-state index contributed by atoms with van der Waals surface area (Å²) >= 11 is 0. The summed E-state index contributed by atoms with van der Waals surface area (Å²) < 4.78 is 10.7. The highest BCUT2D eigenvalue weighted by atomic mass is 16.5. The number of hydrogen-bond donors (Lipinski definition) is 1. The van der Waals surface area contributed by atoms with Crippen molar-refractivity contribution in [2.24, 2.45) is 0 Å². The van der Waals surface area contributed by atoms with Crippen LogP contribution in [0, 0.1) is 0 Å². The van der Waals surface area contributed by atoms with E-state index in [0.29, 0.717) is 22.7 Å². The molecule has 1 fully saturated rings. The first-order chi connectivity index (χ1) is 13.4. The Morgan fingerprint density at radius 1 is 0.929 bits per heavy atom. The zero-order valence-electron chi connectivity index (χ0n) is 15.8. The molecule has 0 spiro atoms. The molecule has 7 heteroatoms. The predicted octanol–water partition coefficient (Wildman–Crippen LogP) is 3.15. The zero-order valence-corrected chi connectivity index (χ0v) is 15.8. The maximum atomic E-state index is 12.8. The van der Waals surface area contributed by atoms with Crippen molar-refractivity contribution in [3.8, 4) is 11.5 Å². The van der Waals surface area contributed by atoms with Crippen LogP contribution in [0.4, 0.5) is 10.5 Å². The Balaban J connectivity index is 1.89. The van der Waals surface area contributed by atoms with Crippen LogP contribution >= 0.6 is 0 Å². The number of urea groups is 1. The van der Waals surface area contributed by atoms with Gasteiger partial charge in [0.15, 0.2) is 0 Å². The fourth-order valence-corrected chi connectivity index (χ4v) is 2.70. The highest BCUT2D eigenvalue weighted by molar-refractivity contribution is 6.39. The largest absolute Gasteiger partial charge is 0.497 e. The maximum absolute atomic E-state index is 12.8. The van der Waals surface area contributed by atoms with E-state index in [1.54, 1.807) is 48.5 Å². The number of ether oxygens (including phenoxy) is 2. The smallest absolute Gasteiger partial charge is 0.335 e. The van der Waals surface area contributed by atoms with E-state index in [1.165, 1.54) is 13.2 Å². The van der Waals surface area contributed by atoms with E-state index in [1.807, 2.05) is 13.8 Å². The first-order valence-corrected chi connectivity index (χ1v) is 8.71. The van der Waals surface area contributed by atoms with Crippen LogP contribution in [-0.2, 0) is 9.59 Å². The molecule has 144 valence electrons. The SMILES string of the molecule is COc1ccc(N2C(=O)NC(=O)/C(=C\c3ccc(OC(C)C)cc3)C2=O)cc1. The van der Waals surface area contributed by atoms with E-state index >= 15 is 0 Å². The predicted molar refractivity (Wildman–Crippen MR) is 104 cm³/mol. The number of rotatable bonds is 5. The number of anilines is 1. The van der Waals surface area contributed by atoms with Crippen molar-refractivity contribution in [3.63, 3.8) is 0 Å². The summed E-state index contributed by atoms with van der Waals surface area (Å²) in [6, 6.07) is 12.6. The number of barbiturate groups is 1. The molecule has 1 heterocycles. The van der Waals surface area contributed by atoms with E-state index < -0.39 is 17.8 Å². The third-order valence-corrected chi connectivity index (χ3v) is 4.00. The molecule has 28 heavy (non-hydrogen) atoms. The molecule has 0 unspecified atom stereocenters. The number of amides is 4. The van der Waals surface area contributed by atoms with Gasteiger partial charge in [-0.3, -0.25) is 14.9 Å². The summed E-state index contributed by atoms with van der Waals surface area (Å²) in [5.41, 5.74) is 0.842. The van der Waals surface area contributed by atoms with Gasteiger partial charge in [0.05, 0.1) is 18.9 Å². The Morgan fingerprint density at radius 2 is 1.54 bits per heavy atom. The minimum Gasteiger partial charge on any atom is -0.497 e. The highest BCUT2D eigenvalue weighted by Crippen LogP contribution is 2.24. The number of nitrogens with one attached hydrogen (secondary N) is 1. The summed E-state index contributed by atoms with van der Waals surface area (Å²) in [5, 5.41) is 2.20. The van der Waals surface area contributed by atoms with Crippen LogP contribution in [0.1, 0.15) is 19.4 Å². The van der Waals surface area contributed by atoms with Gasteiger partial charge in [-0.05, 0) is 61.9 Å². The van der Waals surface area contributed by atoms with Gasteiger partial charge in [0.25, 0.3) is 11.8 Å². The lowest BCUT2D eigenvalue weighted by molar-refractivity contribution is -0.122. The number of nitrogens with zero attached hydrogens (tertiary/aromatic N) is 1. The van der Waals surface area contributed by atoms with Gasteiger partial charge in [-0.1, -0.05) is 12.1 Å². The van der Waals surface area contributed by atoms with Crippen LogP contribution in [-0.4, -0.2) is 31.1 Å². The van der Waals surface area contributed by atoms with Gasteiger partial charge in [-0.15, -0.1) is 0 Å². The third kappa shape index (κ3) is 4.03. The van der Waals surface area contributed by atoms with Gasteiger partial charge >= 0.3 is 6.03 Å². The van der Waals surface area contributed by atoms with Crippen molar-refractivity contribution in [1.82, 2.24) is 5.32 Å². The second-order valence-electron chi connectivity index (χ2n) is 6.39. The Labute approximate surface area is 162 Å². The second-order valence-corrected chi connectivity index (χ2v) is 6.39. The van der Waals surface area contributed by atoms with Crippen LogP contribution in [0.3, 0.4) is 0 Å². The molecule has 1 aliphatic rings. The first-order valence-electron chi connectivity index (χ1n) is 8.71. The molecule has 0 bridgehead atoms. The molecule has 1 N–H and O–H groups in total. The van der Waals surface area contributed by atoms with Crippen molar-refractivity contribution >= 4 is 29.6 Å². The summed E-state index contributed by atoms with van der Waals surface area (Å²) in [6.45, 7) is 3.84. The van der Waals surface area contributed by atoms with Crippen LogP contribution < -0.4 is 19.7 Å². The van der Waals surface area contributed by atoms with Crippen LogP contribution in [0.2, 0.25) is 0 Å². The van der Waals surface area contributed by atoms with Crippen LogP contribution in [0.25, 0.3) is 6.08 Å². The Hall–Kier alpha value is -3.61. The molecule has 0 atom stereocenters. The topological polar surface area (TPSA) is 84.9 Å². The standard InChI is InChI=1S/C21H20N2O5/c1-13(2)28-17-8-4-14(5-9-17)12-18-19(24)22-21(26)23(20(18)25)15-6-10-16(27-3)11-7-15/h4-13H,1-3H3,(H,22,24,26)/b18-12+. The number of hydrogen-bond acceptors (Lipinski definition) is 5. The summed E-state index contributed by atoms with van der Waals surface area (Å²) in [7, 11) is 1.52. The second kappa shape index (κ2) is 7.96. The van der Waals surface area contributed by atoms with Crippen molar-refractivity contribution < 1.29 is 23.9 Å². The fraction of sp³-hybridized carbons (Fsp3) is 0.190. The molecule has 1 saturated heterocycles. The average Bonchev–Trinajstić information content (AvgIpc) is 2.66. The number of imide groups is 2. The zero-order chi connectivity index (χ0) is 20.3. The molecule has 0 aromatic heterocycles. The molecule has 2 aromatic carbocycles. The molecule has 0 aliphatic carbocycles. The number of benzene rings is 2. The van der Waals surface area contributed by atoms with Crippen molar-refractivity contribution in [2.45, 2.75) is 20.0 Å². The monoisotopic (exact) mass is 380 g/mol. The fourth-order valence-electron chi connectivity index (χ4n) is 2.70. The van der Waals surface area contributed by atoms with Gasteiger partial charge in [0.2, 0.25) is 0 Å². The van der Waals surface area contributed by atoms with E-state index in [-0.39, 0.29) is 11.7 Å². The molecular formula is C21H20N2O5. The summed E-state index contributed by atoms with van der Waals surface area (Å²) in [6.07, 6.45) is 1.48. The van der Waals surface area contributed by atoms with Gasteiger partial charge in [0.1, 0.15) is 17.1 Å².